The lowest BCUT2D eigenvalue weighted by Gasteiger charge is -2.06. The van der Waals surface area contributed by atoms with Gasteiger partial charge < -0.3 is 10.3 Å². The molecule has 3 N–H and O–H groups in total. The van der Waals surface area contributed by atoms with E-state index in [9.17, 15) is 4.79 Å². The molecule has 1 amide bonds. The molecule has 114 valence electrons. The Kier molecular flexibility index (Phi) is 3.12. The lowest BCUT2D eigenvalue weighted by atomic mass is 10.1. The van der Waals surface area contributed by atoms with Crippen LogP contribution in [0.25, 0.3) is 21.8 Å². The Hall–Kier alpha value is -3.08. The van der Waals surface area contributed by atoms with Crippen molar-refractivity contribution in [3.63, 3.8) is 0 Å². The van der Waals surface area contributed by atoms with Gasteiger partial charge in [0.15, 0.2) is 0 Å². The predicted octanol–water partition coefficient (Wildman–Crippen LogP) is 3.53. The van der Waals surface area contributed by atoms with E-state index in [0.717, 1.165) is 38.8 Å². The van der Waals surface area contributed by atoms with Gasteiger partial charge in [-0.05, 0) is 36.8 Å². The minimum Gasteiger partial charge on any atom is -0.358 e. The number of aromatic amines is 2. The van der Waals surface area contributed by atoms with Crippen LogP contribution in [0.4, 0.5) is 5.69 Å². The maximum Gasteiger partial charge on any atom is 0.228 e. The Morgan fingerprint density at radius 1 is 1.17 bits per heavy atom. The van der Waals surface area contributed by atoms with Crippen LogP contribution in [0.3, 0.4) is 0 Å². The molecule has 2 heterocycles. The average Bonchev–Trinajstić information content (AvgIpc) is 3.12. The van der Waals surface area contributed by atoms with Gasteiger partial charge in [0.2, 0.25) is 5.91 Å². The molecule has 5 nitrogen and oxygen atoms in total. The number of anilines is 1. The fourth-order valence-electron chi connectivity index (χ4n) is 2.95. The summed E-state index contributed by atoms with van der Waals surface area (Å²) >= 11 is 0. The van der Waals surface area contributed by atoms with Crippen molar-refractivity contribution in [1.29, 1.82) is 0 Å². The molecule has 0 fully saturated rings. The van der Waals surface area contributed by atoms with Gasteiger partial charge in [0.1, 0.15) is 0 Å². The zero-order valence-electron chi connectivity index (χ0n) is 12.7. The van der Waals surface area contributed by atoms with E-state index in [2.05, 4.69) is 20.5 Å². The molecule has 0 saturated heterocycles. The Morgan fingerprint density at radius 3 is 2.96 bits per heavy atom. The van der Waals surface area contributed by atoms with E-state index < -0.39 is 0 Å². The van der Waals surface area contributed by atoms with Gasteiger partial charge in [-0.15, -0.1) is 0 Å². The third kappa shape index (κ3) is 2.46. The summed E-state index contributed by atoms with van der Waals surface area (Å²) < 4.78 is 0. The number of benzene rings is 2. The molecule has 23 heavy (non-hydrogen) atoms. The van der Waals surface area contributed by atoms with Gasteiger partial charge in [0.05, 0.1) is 18.1 Å². The summed E-state index contributed by atoms with van der Waals surface area (Å²) in [4.78, 5) is 15.7. The molecule has 0 radical (unpaired) electrons. The van der Waals surface area contributed by atoms with Crippen LogP contribution < -0.4 is 5.32 Å². The first kappa shape index (κ1) is 13.6. The van der Waals surface area contributed by atoms with E-state index in [1.54, 1.807) is 6.20 Å². The third-order valence-electron chi connectivity index (χ3n) is 4.09. The van der Waals surface area contributed by atoms with Crippen molar-refractivity contribution in [2.45, 2.75) is 13.3 Å². The minimum absolute atomic E-state index is 0.0271. The lowest BCUT2D eigenvalue weighted by molar-refractivity contribution is -0.115. The molecule has 0 atom stereocenters. The highest BCUT2D eigenvalue weighted by Gasteiger charge is 2.12. The lowest BCUT2D eigenvalue weighted by Crippen LogP contribution is -2.14. The van der Waals surface area contributed by atoms with Crippen molar-refractivity contribution in [3.05, 3.63) is 59.9 Å². The third-order valence-corrected chi connectivity index (χ3v) is 4.09. The Morgan fingerprint density at radius 2 is 2.04 bits per heavy atom. The Bertz CT molecular complexity index is 1010. The van der Waals surface area contributed by atoms with Crippen LogP contribution in [0.5, 0.6) is 0 Å². The zero-order valence-corrected chi connectivity index (χ0v) is 12.7. The summed E-state index contributed by atoms with van der Waals surface area (Å²) in [5.41, 5.74) is 4.87. The monoisotopic (exact) mass is 304 g/mol. The van der Waals surface area contributed by atoms with Crippen molar-refractivity contribution in [1.82, 2.24) is 15.2 Å². The summed E-state index contributed by atoms with van der Waals surface area (Å²) in [6.07, 6.45) is 2.09. The number of H-pyrrole nitrogens is 2. The van der Waals surface area contributed by atoms with Gasteiger partial charge in [-0.25, -0.2) is 0 Å². The van der Waals surface area contributed by atoms with E-state index in [-0.39, 0.29) is 5.91 Å². The molecule has 4 rings (SSSR count). The largest absolute Gasteiger partial charge is 0.358 e. The second-order valence-corrected chi connectivity index (χ2v) is 5.67. The Balaban J connectivity index is 1.58. The maximum absolute atomic E-state index is 12.4. The highest BCUT2D eigenvalue weighted by Crippen LogP contribution is 2.23. The molecule has 0 unspecified atom stereocenters. The normalized spacial score (nSPS) is 11.2. The number of carbonyl (C=O) groups is 1. The topological polar surface area (TPSA) is 73.6 Å². The van der Waals surface area contributed by atoms with Crippen molar-refractivity contribution in [3.8, 4) is 0 Å². The molecule has 5 heteroatoms. The van der Waals surface area contributed by atoms with Gasteiger partial charge in [-0.1, -0.05) is 18.2 Å². The van der Waals surface area contributed by atoms with Crippen molar-refractivity contribution >= 4 is 33.4 Å². The second-order valence-electron chi connectivity index (χ2n) is 5.67. The number of amides is 1. The highest BCUT2D eigenvalue weighted by molar-refractivity contribution is 5.97. The predicted molar refractivity (Wildman–Crippen MR) is 91.5 cm³/mol. The highest BCUT2D eigenvalue weighted by atomic mass is 16.1. The van der Waals surface area contributed by atoms with E-state index in [1.807, 2.05) is 49.4 Å². The van der Waals surface area contributed by atoms with Gasteiger partial charge >= 0.3 is 0 Å². The summed E-state index contributed by atoms with van der Waals surface area (Å²) in [5.74, 6) is -0.0271. The molecule has 0 aliphatic carbocycles. The first-order chi connectivity index (χ1) is 11.2. The quantitative estimate of drug-likeness (QED) is 0.541. The number of nitrogens with zero attached hydrogens (tertiary/aromatic N) is 1. The minimum atomic E-state index is -0.0271. The fraction of sp³-hybridized carbons (Fsp3) is 0.111. The molecule has 0 aliphatic heterocycles. The number of carbonyl (C=O) groups excluding carboxylic acids is 1. The maximum atomic E-state index is 12.4. The summed E-state index contributed by atoms with van der Waals surface area (Å²) in [5, 5.41) is 11.9. The fourth-order valence-corrected chi connectivity index (χ4v) is 2.95. The SMILES string of the molecule is Cc1[nH]c2ccccc2c1CC(=O)Nc1ccc2[nH]ncc2c1. The number of hydrogen-bond acceptors (Lipinski definition) is 2. The van der Waals surface area contributed by atoms with Gasteiger partial charge in [0, 0.05) is 27.7 Å². The smallest absolute Gasteiger partial charge is 0.228 e. The van der Waals surface area contributed by atoms with Crippen LogP contribution in [0.15, 0.2) is 48.7 Å². The van der Waals surface area contributed by atoms with Crippen molar-refractivity contribution in [2.24, 2.45) is 0 Å². The molecular weight excluding hydrogens is 288 g/mol. The number of nitrogens with one attached hydrogen (secondary N) is 3. The molecule has 4 aromatic rings. The van der Waals surface area contributed by atoms with Gasteiger partial charge in [0.25, 0.3) is 0 Å². The number of rotatable bonds is 3. The molecule has 0 bridgehead atoms. The number of para-hydroxylation sites is 1. The van der Waals surface area contributed by atoms with Crippen molar-refractivity contribution in [2.75, 3.05) is 5.32 Å². The number of aryl methyl sites for hydroxylation is 1. The summed E-state index contributed by atoms with van der Waals surface area (Å²) in [6.45, 7) is 2.00. The summed E-state index contributed by atoms with van der Waals surface area (Å²) in [6, 6.07) is 13.7. The summed E-state index contributed by atoms with van der Waals surface area (Å²) in [7, 11) is 0. The van der Waals surface area contributed by atoms with Gasteiger partial charge in [-0.3, -0.25) is 9.89 Å². The van der Waals surface area contributed by atoms with Crippen LogP contribution in [0, 0.1) is 6.92 Å². The first-order valence-electron chi connectivity index (χ1n) is 7.50. The zero-order chi connectivity index (χ0) is 15.8. The van der Waals surface area contributed by atoms with Gasteiger partial charge in [-0.2, -0.15) is 5.10 Å². The van der Waals surface area contributed by atoms with E-state index >= 15 is 0 Å². The Labute approximate surface area is 132 Å². The molecule has 0 saturated carbocycles. The van der Waals surface area contributed by atoms with E-state index in [4.69, 9.17) is 0 Å². The van der Waals surface area contributed by atoms with Crippen LogP contribution in [-0.4, -0.2) is 21.1 Å². The van der Waals surface area contributed by atoms with Crippen LogP contribution in [-0.2, 0) is 11.2 Å². The van der Waals surface area contributed by atoms with E-state index in [1.165, 1.54) is 0 Å². The molecular formula is C18H16N4O. The number of hydrogen-bond donors (Lipinski definition) is 3. The number of aromatic nitrogens is 3. The molecule has 2 aromatic heterocycles. The van der Waals surface area contributed by atoms with Crippen LogP contribution >= 0.6 is 0 Å². The molecule has 0 spiro atoms. The van der Waals surface area contributed by atoms with E-state index in [0.29, 0.717) is 6.42 Å². The van der Waals surface area contributed by atoms with Crippen LogP contribution in [0.2, 0.25) is 0 Å². The first-order valence-corrected chi connectivity index (χ1v) is 7.50. The molecule has 2 aromatic carbocycles. The number of fused-ring (bicyclic) bond motifs is 2. The van der Waals surface area contributed by atoms with Crippen molar-refractivity contribution < 1.29 is 4.79 Å². The standard InChI is InChI=1S/C18H16N4O/c1-11-15(14-4-2-3-5-17(14)20-11)9-18(23)21-13-6-7-16-12(8-13)10-19-22-16/h2-8,10,20H,9H2,1H3,(H,19,22)(H,21,23). The average molecular weight is 304 g/mol. The molecule has 0 aliphatic rings. The van der Waals surface area contributed by atoms with Crippen LogP contribution in [0.1, 0.15) is 11.3 Å². The second kappa shape index (κ2) is 5.28.